The van der Waals surface area contributed by atoms with Gasteiger partial charge in [-0.15, -0.1) is 0 Å². The van der Waals surface area contributed by atoms with Crippen LogP contribution in [0.15, 0.2) is 18.3 Å². The minimum absolute atomic E-state index is 0.176. The van der Waals surface area contributed by atoms with E-state index < -0.39 is 0 Å². The monoisotopic (exact) mass is 247 g/mol. The van der Waals surface area contributed by atoms with Crippen LogP contribution in [-0.4, -0.2) is 24.1 Å². The van der Waals surface area contributed by atoms with Crippen molar-refractivity contribution in [2.24, 2.45) is 0 Å². The highest BCUT2D eigenvalue weighted by Crippen LogP contribution is 2.22. The molecule has 1 atom stereocenters. The van der Waals surface area contributed by atoms with E-state index in [9.17, 15) is 0 Å². The molecule has 1 unspecified atom stereocenters. The van der Waals surface area contributed by atoms with Crippen LogP contribution in [0.5, 0.6) is 0 Å². The van der Waals surface area contributed by atoms with Gasteiger partial charge >= 0.3 is 0 Å². The van der Waals surface area contributed by atoms with E-state index in [0.717, 1.165) is 18.9 Å². The molecule has 0 saturated carbocycles. The number of rotatable bonds is 2. The summed E-state index contributed by atoms with van der Waals surface area (Å²) in [5, 5.41) is 6.99. The van der Waals surface area contributed by atoms with Crippen molar-refractivity contribution < 1.29 is 0 Å². The third-order valence-corrected chi connectivity index (χ3v) is 3.53. The van der Waals surface area contributed by atoms with E-state index in [2.05, 4.69) is 48.5 Å². The lowest BCUT2D eigenvalue weighted by Crippen LogP contribution is -2.31. The van der Waals surface area contributed by atoms with Crippen molar-refractivity contribution in [2.45, 2.75) is 51.5 Å². The molecule has 1 aliphatic heterocycles. The molecule has 0 amide bonds. The van der Waals surface area contributed by atoms with Gasteiger partial charge in [-0.3, -0.25) is 0 Å². The Kier molecular flexibility index (Phi) is 4.23. The Labute approximate surface area is 110 Å². The Morgan fingerprint density at radius 1 is 1.28 bits per heavy atom. The van der Waals surface area contributed by atoms with E-state index in [1.54, 1.807) is 0 Å². The van der Waals surface area contributed by atoms with Gasteiger partial charge < -0.3 is 10.6 Å². The van der Waals surface area contributed by atoms with Gasteiger partial charge in [-0.2, -0.15) is 0 Å². The predicted molar refractivity (Wildman–Crippen MR) is 77.1 cm³/mol. The van der Waals surface area contributed by atoms with Crippen LogP contribution in [0.1, 0.15) is 45.6 Å². The smallest absolute Gasteiger partial charge is 0.126 e. The van der Waals surface area contributed by atoms with Crippen LogP contribution >= 0.6 is 0 Å². The Morgan fingerprint density at radius 2 is 2.11 bits per heavy atom. The minimum atomic E-state index is 0.176. The lowest BCUT2D eigenvalue weighted by molar-refractivity contribution is 0.587. The first-order chi connectivity index (χ1) is 8.55. The zero-order chi connectivity index (χ0) is 13.0. The fraction of sp³-hybridized carbons (Fsp3) is 0.667. The highest BCUT2D eigenvalue weighted by atomic mass is 15.0. The number of nitrogens with zero attached hydrogens (tertiary/aromatic N) is 1. The molecule has 2 N–H and O–H groups in total. The number of hydrogen-bond donors (Lipinski definition) is 2. The molecule has 18 heavy (non-hydrogen) atoms. The summed E-state index contributed by atoms with van der Waals surface area (Å²) < 4.78 is 0. The van der Waals surface area contributed by atoms with Crippen molar-refractivity contribution in [3.63, 3.8) is 0 Å². The van der Waals surface area contributed by atoms with E-state index >= 15 is 0 Å². The fourth-order valence-corrected chi connectivity index (χ4v) is 2.27. The summed E-state index contributed by atoms with van der Waals surface area (Å²) >= 11 is 0. The zero-order valence-corrected chi connectivity index (χ0v) is 11.8. The van der Waals surface area contributed by atoms with E-state index in [0.29, 0.717) is 6.04 Å². The molecule has 100 valence electrons. The summed E-state index contributed by atoms with van der Waals surface area (Å²) in [6.07, 6.45) is 5.81. The number of anilines is 1. The van der Waals surface area contributed by atoms with Gasteiger partial charge in [0.2, 0.25) is 0 Å². The van der Waals surface area contributed by atoms with Gasteiger partial charge in [0.25, 0.3) is 0 Å². The molecule has 2 heterocycles. The maximum Gasteiger partial charge on any atom is 0.126 e. The summed E-state index contributed by atoms with van der Waals surface area (Å²) in [6, 6.07) is 4.80. The average Bonchev–Trinajstić information content (AvgIpc) is 2.57. The van der Waals surface area contributed by atoms with Gasteiger partial charge in [0.05, 0.1) is 0 Å². The molecule has 0 spiro atoms. The molecule has 1 fully saturated rings. The second-order valence-corrected chi connectivity index (χ2v) is 6.22. The van der Waals surface area contributed by atoms with Gasteiger partial charge in [-0.05, 0) is 36.4 Å². The van der Waals surface area contributed by atoms with Crippen LogP contribution < -0.4 is 10.6 Å². The lowest BCUT2D eigenvalue weighted by Gasteiger charge is -2.20. The second-order valence-electron chi connectivity index (χ2n) is 6.22. The van der Waals surface area contributed by atoms with E-state index in [4.69, 9.17) is 0 Å². The van der Waals surface area contributed by atoms with Crippen LogP contribution in [0, 0.1) is 0 Å². The van der Waals surface area contributed by atoms with Crippen molar-refractivity contribution in [1.29, 1.82) is 0 Å². The lowest BCUT2D eigenvalue weighted by atomic mass is 9.88. The van der Waals surface area contributed by atoms with E-state index in [1.165, 1.54) is 24.8 Å². The van der Waals surface area contributed by atoms with Crippen LogP contribution in [0.4, 0.5) is 5.82 Å². The molecule has 1 aliphatic rings. The molecule has 1 aromatic heterocycles. The van der Waals surface area contributed by atoms with Gasteiger partial charge in [0.1, 0.15) is 5.82 Å². The van der Waals surface area contributed by atoms with Crippen molar-refractivity contribution >= 4 is 5.82 Å². The average molecular weight is 247 g/mol. The summed E-state index contributed by atoms with van der Waals surface area (Å²) in [5.74, 6) is 0.997. The second kappa shape index (κ2) is 5.70. The Hall–Kier alpha value is -1.09. The third kappa shape index (κ3) is 3.70. The summed E-state index contributed by atoms with van der Waals surface area (Å²) in [4.78, 5) is 4.53. The van der Waals surface area contributed by atoms with Gasteiger partial charge in [-0.25, -0.2) is 4.98 Å². The molecule has 1 aromatic rings. The Bertz CT molecular complexity index is 356. The molecule has 3 nitrogen and oxygen atoms in total. The Balaban J connectivity index is 1.97. The maximum absolute atomic E-state index is 4.53. The molecule has 0 radical (unpaired) electrons. The van der Waals surface area contributed by atoms with Crippen LogP contribution in [0.25, 0.3) is 0 Å². The van der Waals surface area contributed by atoms with Gasteiger partial charge in [-0.1, -0.05) is 33.3 Å². The van der Waals surface area contributed by atoms with Crippen molar-refractivity contribution in [3.05, 3.63) is 23.9 Å². The summed E-state index contributed by atoms with van der Waals surface area (Å²) in [6.45, 7) is 8.84. The quantitative estimate of drug-likeness (QED) is 0.843. The largest absolute Gasteiger partial charge is 0.366 e. The van der Waals surface area contributed by atoms with Gasteiger partial charge in [0, 0.05) is 18.8 Å². The van der Waals surface area contributed by atoms with Gasteiger partial charge in [0.15, 0.2) is 0 Å². The number of pyridine rings is 1. The summed E-state index contributed by atoms with van der Waals surface area (Å²) in [7, 11) is 0. The van der Waals surface area contributed by atoms with Crippen molar-refractivity contribution in [3.8, 4) is 0 Å². The first kappa shape index (κ1) is 13.3. The summed E-state index contributed by atoms with van der Waals surface area (Å²) in [5.41, 5.74) is 1.46. The SMILES string of the molecule is CC(C)(C)c1ccc(NC2CCCCNC2)nc1. The van der Waals surface area contributed by atoms with E-state index in [-0.39, 0.29) is 5.41 Å². The molecule has 1 saturated heterocycles. The standard InChI is InChI=1S/C15H25N3/c1-15(2,3)12-7-8-14(17-10-12)18-13-6-4-5-9-16-11-13/h7-8,10,13,16H,4-6,9,11H2,1-3H3,(H,17,18). The molecule has 0 aromatic carbocycles. The number of aromatic nitrogens is 1. The normalized spacial score (nSPS) is 21.4. The highest BCUT2D eigenvalue weighted by molar-refractivity contribution is 5.38. The number of hydrogen-bond acceptors (Lipinski definition) is 3. The highest BCUT2D eigenvalue weighted by Gasteiger charge is 2.15. The van der Waals surface area contributed by atoms with E-state index in [1.807, 2.05) is 6.20 Å². The van der Waals surface area contributed by atoms with Crippen LogP contribution in [-0.2, 0) is 5.41 Å². The first-order valence-electron chi connectivity index (χ1n) is 6.99. The molecule has 0 bridgehead atoms. The van der Waals surface area contributed by atoms with Crippen LogP contribution in [0.3, 0.4) is 0 Å². The molecule has 2 rings (SSSR count). The fourth-order valence-electron chi connectivity index (χ4n) is 2.27. The molecule has 0 aliphatic carbocycles. The Morgan fingerprint density at radius 3 is 2.78 bits per heavy atom. The van der Waals surface area contributed by atoms with Crippen molar-refractivity contribution in [2.75, 3.05) is 18.4 Å². The van der Waals surface area contributed by atoms with Crippen LogP contribution in [0.2, 0.25) is 0 Å². The molecular weight excluding hydrogens is 222 g/mol. The molecular formula is C15H25N3. The zero-order valence-electron chi connectivity index (χ0n) is 11.8. The minimum Gasteiger partial charge on any atom is -0.366 e. The number of nitrogens with one attached hydrogen (secondary N) is 2. The van der Waals surface area contributed by atoms with Crippen molar-refractivity contribution in [1.82, 2.24) is 10.3 Å². The topological polar surface area (TPSA) is 37.0 Å². The molecule has 3 heteroatoms. The maximum atomic E-state index is 4.53. The first-order valence-corrected chi connectivity index (χ1v) is 6.99. The predicted octanol–water partition coefficient (Wildman–Crippen LogP) is 2.93. The third-order valence-electron chi connectivity index (χ3n) is 3.53.